The molecule has 20 heavy (non-hydrogen) atoms. The van der Waals surface area contributed by atoms with Crippen molar-refractivity contribution in [1.82, 2.24) is 4.98 Å². The van der Waals surface area contributed by atoms with E-state index in [9.17, 15) is 4.79 Å². The summed E-state index contributed by atoms with van der Waals surface area (Å²) in [4.78, 5) is 17.1. The molecule has 0 spiro atoms. The highest BCUT2D eigenvalue weighted by Crippen LogP contribution is 2.32. The van der Waals surface area contributed by atoms with E-state index in [1.807, 2.05) is 43.3 Å². The molecule has 4 nitrogen and oxygen atoms in total. The van der Waals surface area contributed by atoms with Crippen molar-refractivity contribution in [2.75, 3.05) is 11.1 Å². The molecule has 0 saturated heterocycles. The third-order valence-electron chi connectivity index (χ3n) is 3.08. The Morgan fingerprint density at radius 2 is 2.05 bits per heavy atom. The molecular formula is C15H13N3OS. The second-order valence-electron chi connectivity index (χ2n) is 4.46. The summed E-state index contributed by atoms with van der Waals surface area (Å²) in [5.74, 6) is -0.195. The fourth-order valence-electron chi connectivity index (χ4n) is 2.01. The molecule has 0 bridgehead atoms. The maximum absolute atomic E-state index is 12.3. The van der Waals surface area contributed by atoms with Crippen molar-refractivity contribution in [3.63, 3.8) is 0 Å². The highest BCUT2D eigenvalue weighted by atomic mass is 32.1. The molecular weight excluding hydrogens is 270 g/mol. The summed E-state index contributed by atoms with van der Waals surface area (Å²) in [7, 11) is 0. The number of rotatable bonds is 2. The number of carbonyl (C=O) groups is 1. The fourth-order valence-corrected chi connectivity index (χ4v) is 2.98. The number of nitrogens with two attached hydrogens (primary N) is 1. The minimum Gasteiger partial charge on any atom is -0.396 e. The first kappa shape index (κ1) is 12.6. The van der Waals surface area contributed by atoms with Crippen molar-refractivity contribution >= 4 is 38.8 Å². The smallest absolute Gasteiger partial charge is 0.267 e. The second kappa shape index (κ2) is 4.94. The molecule has 3 rings (SSSR count). The average molecular weight is 283 g/mol. The zero-order chi connectivity index (χ0) is 14.1. The van der Waals surface area contributed by atoms with Crippen LogP contribution in [0.25, 0.3) is 10.2 Å². The van der Waals surface area contributed by atoms with Crippen molar-refractivity contribution in [3.05, 3.63) is 53.0 Å². The Balaban J connectivity index is 1.97. The van der Waals surface area contributed by atoms with Crippen molar-refractivity contribution in [2.24, 2.45) is 0 Å². The number of thiophene rings is 1. The van der Waals surface area contributed by atoms with Crippen LogP contribution in [-0.4, -0.2) is 10.9 Å². The normalized spacial score (nSPS) is 10.7. The van der Waals surface area contributed by atoms with E-state index in [-0.39, 0.29) is 5.91 Å². The summed E-state index contributed by atoms with van der Waals surface area (Å²) in [6, 6.07) is 11.4. The van der Waals surface area contributed by atoms with E-state index >= 15 is 0 Å². The third kappa shape index (κ3) is 2.12. The van der Waals surface area contributed by atoms with Crippen LogP contribution in [0.4, 0.5) is 11.4 Å². The lowest BCUT2D eigenvalue weighted by molar-refractivity contribution is 0.103. The van der Waals surface area contributed by atoms with Crippen molar-refractivity contribution in [3.8, 4) is 0 Å². The van der Waals surface area contributed by atoms with Crippen LogP contribution in [0.15, 0.2) is 42.6 Å². The Bertz CT molecular complexity index is 795. The Kier molecular flexibility index (Phi) is 3.12. The quantitative estimate of drug-likeness (QED) is 0.757. The fraction of sp³-hybridized carbons (Fsp3) is 0.0667. The molecule has 3 N–H and O–H groups in total. The predicted molar refractivity (Wildman–Crippen MR) is 83.2 cm³/mol. The maximum Gasteiger partial charge on any atom is 0.267 e. The molecule has 2 aromatic heterocycles. The number of hydrogen-bond acceptors (Lipinski definition) is 4. The number of benzene rings is 1. The number of aryl methyl sites for hydroxylation is 1. The van der Waals surface area contributed by atoms with E-state index in [4.69, 9.17) is 5.73 Å². The van der Waals surface area contributed by atoms with Crippen LogP contribution in [0, 0.1) is 6.92 Å². The molecule has 0 radical (unpaired) electrons. The number of hydrogen-bond donors (Lipinski definition) is 2. The number of pyridine rings is 1. The van der Waals surface area contributed by atoms with E-state index in [0.717, 1.165) is 16.0 Å². The molecule has 2 heterocycles. The minimum absolute atomic E-state index is 0.195. The first-order chi connectivity index (χ1) is 9.66. The van der Waals surface area contributed by atoms with E-state index < -0.39 is 0 Å². The number of fused-ring (bicyclic) bond motifs is 1. The van der Waals surface area contributed by atoms with Crippen LogP contribution < -0.4 is 11.1 Å². The maximum atomic E-state index is 12.3. The van der Waals surface area contributed by atoms with Crippen LogP contribution >= 0.6 is 11.3 Å². The van der Waals surface area contributed by atoms with Crippen molar-refractivity contribution < 1.29 is 4.79 Å². The van der Waals surface area contributed by atoms with Gasteiger partial charge in [-0.25, -0.2) is 0 Å². The van der Waals surface area contributed by atoms with Gasteiger partial charge in [-0.3, -0.25) is 9.78 Å². The van der Waals surface area contributed by atoms with Gasteiger partial charge in [0.1, 0.15) is 10.4 Å². The molecule has 100 valence electrons. The molecule has 0 atom stereocenters. The summed E-state index contributed by atoms with van der Waals surface area (Å²) in [6.07, 6.45) is 1.68. The van der Waals surface area contributed by atoms with Crippen molar-refractivity contribution in [2.45, 2.75) is 6.92 Å². The molecule has 1 aromatic carbocycles. The van der Waals surface area contributed by atoms with Crippen molar-refractivity contribution in [1.29, 1.82) is 0 Å². The molecule has 1 amide bonds. The van der Waals surface area contributed by atoms with E-state index in [2.05, 4.69) is 10.3 Å². The second-order valence-corrected chi connectivity index (χ2v) is 5.52. The lowest BCUT2D eigenvalue weighted by Crippen LogP contribution is -2.12. The first-order valence-electron chi connectivity index (χ1n) is 6.17. The average Bonchev–Trinajstić information content (AvgIpc) is 2.79. The van der Waals surface area contributed by atoms with Gasteiger partial charge in [0, 0.05) is 11.9 Å². The molecule has 0 fully saturated rings. The van der Waals surface area contributed by atoms with Crippen LogP contribution in [-0.2, 0) is 0 Å². The largest absolute Gasteiger partial charge is 0.396 e. The van der Waals surface area contributed by atoms with Gasteiger partial charge >= 0.3 is 0 Å². The van der Waals surface area contributed by atoms with Gasteiger partial charge in [0.05, 0.1) is 10.4 Å². The predicted octanol–water partition coefficient (Wildman–Crippen LogP) is 3.44. The SMILES string of the molecule is Cc1ccccc1NC(=O)c1sc2cccnc2c1N. The zero-order valence-corrected chi connectivity index (χ0v) is 11.7. The van der Waals surface area contributed by atoms with E-state index in [1.165, 1.54) is 11.3 Å². The van der Waals surface area contributed by atoms with Gasteiger partial charge in [-0.2, -0.15) is 0 Å². The van der Waals surface area contributed by atoms with Gasteiger partial charge in [0.15, 0.2) is 0 Å². The standard InChI is InChI=1S/C15H13N3OS/c1-9-5-2-3-6-10(9)18-15(19)14-12(16)13-11(20-14)7-4-8-17-13/h2-8H,16H2,1H3,(H,18,19). The molecule has 0 saturated carbocycles. The summed E-state index contributed by atoms with van der Waals surface area (Å²) in [6.45, 7) is 1.95. The Morgan fingerprint density at radius 3 is 2.80 bits per heavy atom. The summed E-state index contributed by atoms with van der Waals surface area (Å²) in [5.41, 5.74) is 8.95. The van der Waals surface area contributed by atoms with Crippen LogP contribution in [0.3, 0.4) is 0 Å². The molecule has 0 aliphatic rings. The van der Waals surface area contributed by atoms with E-state index in [1.54, 1.807) is 6.20 Å². The number of para-hydroxylation sites is 1. The molecule has 0 unspecified atom stereocenters. The number of anilines is 2. The number of carbonyl (C=O) groups excluding carboxylic acids is 1. The highest BCUT2D eigenvalue weighted by molar-refractivity contribution is 7.21. The molecule has 0 aliphatic carbocycles. The zero-order valence-electron chi connectivity index (χ0n) is 10.9. The lowest BCUT2D eigenvalue weighted by Gasteiger charge is -2.07. The first-order valence-corrected chi connectivity index (χ1v) is 6.98. The van der Waals surface area contributed by atoms with Gasteiger partial charge in [0.25, 0.3) is 5.91 Å². The van der Waals surface area contributed by atoms with Gasteiger partial charge in [-0.15, -0.1) is 11.3 Å². The number of aromatic nitrogens is 1. The topological polar surface area (TPSA) is 68.0 Å². The summed E-state index contributed by atoms with van der Waals surface area (Å²) < 4.78 is 0.917. The van der Waals surface area contributed by atoms with Gasteiger partial charge < -0.3 is 11.1 Å². The number of amides is 1. The minimum atomic E-state index is -0.195. The third-order valence-corrected chi connectivity index (χ3v) is 4.24. The number of nitrogens with zero attached hydrogens (tertiary/aromatic N) is 1. The number of nitrogen functional groups attached to an aromatic ring is 1. The van der Waals surface area contributed by atoms with Crippen LogP contribution in [0.1, 0.15) is 15.2 Å². The highest BCUT2D eigenvalue weighted by Gasteiger charge is 2.17. The van der Waals surface area contributed by atoms with Gasteiger partial charge in [0.2, 0.25) is 0 Å². The van der Waals surface area contributed by atoms with Gasteiger partial charge in [-0.1, -0.05) is 18.2 Å². The summed E-state index contributed by atoms with van der Waals surface area (Å²) >= 11 is 1.36. The lowest BCUT2D eigenvalue weighted by atomic mass is 10.2. The summed E-state index contributed by atoms with van der Waals surface area (Å²) in [5, 5.41) is 2.89. The molecule has 0 aliphatic heterocycles. The number of nitrogens with one attached hydrogen (secondary N) is 1. The van der Waals surface area contributed by atoms with Crippen LogP contribution in [0.5, 0.6) is 0 Å². The van der Waals surface area contributed by atoms with Crippen LogP contribution in [0.2, 0.25) is 0 Å². The molecule has 3 aromatic rings. The monoisotopic (exact) mass is 283 g/mol. The Morgan fingerprint density at radius 1 is 1.25 bits per heavy atom. The Hall–Kier alpha value is -2.40. The Labute approximate surface area is 120 Å². The van der Waals surface area contributed by atoms with Gasteiger partial charge in [-0.05, 0) is 30.7 Å². The van der Waals surface area contributed by atoms with E-state index in [0.29, 0.717) is 16.1 Å². The molecule has 5 heteroatoms.